The Morgan fingerprint density at radius 3 is 2.22 bits per heavy atom. The number of hydrogen-bond acceptors (Lipinski definition) is 9. The number of halogens is 3. The van der Waals surface area contributed by atoms with E-state index in [1.807, 2.05) is 0 Å². The van der Waals surface area contributed by atoms with Crippen LogP contribution in [0, 0.1) is 46.8 Å². The molecule has 1 aliphatic heterocycles. The lowest BCUT2D eigenvalue weighted by molar-refractivity contribution is -0.188. The van der Waals surface area contributed by atoms with Gasteiger partial charge in [0.05, 0.1) is 17.3 Å². The van der Waals surface area contributed by atoms with Gasteiger partial charge in [-0.3, -0.25) is 14.4 Å². The van der Waals surface area contributed by atoms with Crippen LogP contribution in [0.1, 0.15) is 44.9 Å². The Bertz CT molecular complexity index is 1070. The van der Waals surface area contributed by atoms with Gasteiger partial charge in [-0.25, -0.2) is 12.8 Å². The lowest BCUT2D eigenvalue weighted by atomic mass is 9.49. The van der Waals surface area contributed by atoms with Gasteiger partial charge in [0.15, 0.2) is 10.1 Å². The molecule has 7 fully saturated rings. The smallest absolute Gasteiger partial charge is 0.368 e. The molecule has 0 N–H and O–H groups in total. The summed E-state index contributed by atoms with van der Waals surface area (Å²) in [4.78, 5) is 38.8. The quantitative estimate of drug-likeness (QED) is 0.272. The molecule has 200 valence electrons. The van der Waals surface area contributed by atoms with Gasteiger partial charge >= 0.3 is 23.2 Å². The highest BCUT2D eigenvalue weighted by Gasteiger charge is 2.71. The first-order chi connectivity index (χ1) is 16.8. The van der Waals surface area contributed by atoms with E-state index in [-0.39, 0.29) is 5.97 Å². The third kappa shape index (κ3) is 3.44. The van der Waals surface area contributed by atoms with Crippen LogP contribution in [0.5, 0.6) is 0 Å². The molecule has 7 aliphatic rings. The maximum atomic E-state index is 13.8. The molecule has 0 radical (unpaired) electrons. The van der Waals surface area contributed by atoms with E-state index in [1.54, 1.807) is 0 Å². The number of rotatable bonds is 7. The van der Waals surface area contributed by atoms with Crippen LogP contribution >= 0.6 is 0 Å². The van der Waals surface area contributed by atoms with Crippen LogP contribution in [0.2, 0.25) is 0 Å². The van der Waals surface area contributed by atoms with Crippen molar-refractivity contribution in [3.63, 3.8) is 0 Å². The monoisotopic (exact) mass is 535 g/mol. The molecule has 6 saturated carbocycles. The number of carbonyl (C=O) groups excluding carboxylic acids is 3. The topological polar surface area (TPSA) is 136 Å². The lowest BCUT2D eigenvalue weighted by Gasteiger charge is -2.55. The lowest BCUT2D eigenvalue weighted by Crippen LogP contribution is -2.53. The zero-order chi connectivity index (χ0) is 25.8. The summed E-state index contributed by atoms with van der Waals surface area (Å²) in [5, 5.41) is -5.28. The maximum Gasteiger partial charge on any atom is 0.368 e. The molecule has 7 rings (SSSR count). The molecular formula is C23H26F3O9S-. The minimum atomic E-state index is -6.32. The van der Waals surface area contributed by atoms with E-state index in [9.17, 15) is 40.5 Å². The first kappa shape index (κ1) is 24.4. The van der Waals surface area contributed by atoms with Gasteiger partial charge in [-0.15, -0.1) is 0 Å². The van der Waals surface area contributed by atoms with E-state index in [4.69, 9.17) is 9.47 Å². The molecule has 0 aromatic rings. The third-order valence-corrected chi connectivity index (χ3v) is 10.5. The predicted molar refractivity (Wildman–Crippen MR) is 109 cm³/mol. The van der Waals surface area contributed by atoms with Gasteiger partial charge in [0, 0.05) is 11.8 Å². The second-order valence-electron chi connectivity index (χ2n) is 11.7. The average Bonchev–Trinajstić information content (AvgIpc) is 3.39. The maximum absolute atomic E-state index is 13.8. The summed E-state index contributed by atoms with van der Waals surface area (Å²) in [7, 11) is -6.32. The van der Waals surface area contributed by atoms with E-state index < -0.39 is 81.4 Å². The van der Waals surface area contributed by atoms with Crippen molar-refractivity contribution in [2.24, 2.45) is 46.8 Å². The highest BCUT2D eigenvalue weighted by Crippen LogP contribution is 2.62. The minimum Gasteiger partial charge on any atom is -0.743 e. The minimum absolute atomic E-state index is 0.309. The van der Waals surface area contributed by atoms with Gasteiger partial charge in [-0.05, 0) is 62.7 Å². The predicted octanol–water partition coefficient (Wildman–Crippen LogP) is 1.94. The Balaban J connectivity index is 1.17. The fraction of sp³-hybridized carbons (Fsp3) is 0.870. The van der Waals surface area contributed by atoms with E-state index in [0.717, 1.165) is 38.5 Å². The van der Waals surface area contributed by atoms with Crippen molar-refractivity contribution in [3.8, 4) is 0 Å². The van der Waals surface area contributed by atoms with E-state index in [1.165, 1.54) is 0 Å². The summed E-state index contributed by atoms with van der Waals surface area (Å²) in [6.45, 7) is -1.68. The summed E-state index contributed by atoms with van der Waals surface area (Å²) in [6, 6.07) is 0. The zero-order valence-corrected chi connectivity index (χ0v) is 20.0. The van der Waals surface area contributed by atoms with Crippen molar-refractivity contribution in [2.45, 2.75) is 68.6 Å². The van der Waals surface area contributed by atoms with E-state index in [2.05, 4.69) is 4.74 Å². The van der Waals surface area contributed by atoms with Crippen molar-refractivity contribution in [1.29, 1.82) is 0 Å². The van der Waals surface area contributed by atoms with E-state index >= 15 is 0 Å². The molecule has 1 saturated heterocycles. The Labute approximate surface area is 205 Å². The van der Waals surface area contributed by atoms with Gasteiger partial charge in [-0.2, -0.15) is 8.78 Å². The summed E-state index contributed by atoms with van der Waals surface area (Å²) in [6.07, 6.45) is 0.762. The van der Waals surface area contributed by atoms with Gasteiger partial charge in [0.25, 0.3) is 0 Å². The Kier molecular flexibility index (Phi) is 5.30. The molecule has 7 unspecified atom stereocenters. The summed E-state index contributed by atoms with van der Waals surface area (Å²) >= 11 is 0. The molecule has 6 bridgehead atoms. The largest absolute Gasteiger partial charge is 0.743 e. The highest BCUT2D eigenvalue weighted by atomic mass is 32.2. The van der Waals surface area contributed by atoms with Gasteiger partial charge in [0.1, 0.15) is 18.8 Å². The SMILES string of the molecule is O=C1OC2C3CC(C2OC(=O)C24CC5CC(CC(C5)C2)C4)C(C(=O)OCC(F)C(F)(F)S(=O)(=O)[O-])C13. The van der Waals surface area contributed by atoms with Crippen molar-refractivity contribution in [3.05, 3.63) is 0 Å². The molecule has 13 heteroatoms. The Hall–Kier alpha value is -1.89. The molecule has 1 heterocycles. The number of esters is 3. The van der Waals surface area contributed by atoms with Gasteiger partial charge in [0.2, 0.25) is 6.17 Å². The van der Waals surface area contributed by atoms with Crippen molar-refractivity contribution < 1.29 is 54.7 Å². The summed E-state index contributed by atoms with van der Waals surface area (Å²) in [5.74, 6) is -4.03. The summed E-state index contributed by atoms with van der Waals surface area (Å²) in [5.41, 5.74) is -0.578. The normalized spacial score (nSPS) is 45.0. The van der Waals surface area contributed by atoms with Crippen LogP contribution in [0.4, 0.5) is 13.2 Å². The van der Waals surface area contributed by atoms with Crippen LogP contribution in [0.3, 0.4) is 0 Å². The molecule has 0 amide bonds. The van der Waals surface area contributed by atoms with Crippen molar-refractivity contribution in [2.75, 3.05) is 6.61 Å². The molecular weight excluding hydrogens is 509 g/mol. The van der Waals surface area contributed by atoms with Crippen LogP contribution in [0.15, 0.2) is 0 Å². The van der Waals surface area contributed by atoms with Crippen molar-refractivity contribution in [1.82, 2.24) is 0 Å². The molecule has 9 nitrogen and oxygen atoms in total. The second-order valence-corrected chi connectivity index (χ2v) is 13.2. The number of ether oxygens (including phenoxy) is 3. The number of carbonyl (C=O) groups is 3. The average molecular weight is 536 g/mol. The molecule has 7 atom stereocenters. The van der Waals surface area contributed by atoms with Crippen LogP contribution in [-0.2, 0) is 38.7 Å². The first-order valence-corrected chi connectivity index (χ1v) is 13.8. The van der Waals surface area contributed by atoms with E-state index in [0.29, 0.717) is 24.2 Å². The molecule has 6 aliphatic carbocycles. The van der Waals surface area contributed by atoms with Crippen molar-refractivity contribution >= 4 is 28.0 Å². The first-order valence-electron chi connectivity index (χ1n) is 12.4. The van der Waals surface area contributed by atoms with Crippen LogP contribution in [-0.4, -0.2) is 61.1 Å². The third-order valence-electron chi connectivity index (χ3n) is 9.60. The molecule has 0 spiro atoms. The molecule has 0 aromatic carbocycles. The number of fused-ring (bicyclic) bond motifs is 1. The summed E-state index contributed by atoms with van der Waals surface area (Å²) < 4.78 is 88.6. The van der Waals surface area contributed by atoms with Gasteiger partial charge < -0.3 is 18.8 Å². The Morgan fingerprint density at radius 2 is 1.67 bits per heavy atom. The number of hydrogen-bond donors (Lipinski definition) is 0. The Morgan fingerprint density at radius 1 is 1.08 bits per heavy atom. The standard InChI is InChI=1S/C23H27F3O9S/c24-14(23(25,26)36(30,31)32)8-33-19(27)15-12-4-13-16(15)20(28)34-17(13)18(12)35-21(29)22-5-9-1-10(6-22)3-11(2-9)7-22/h9-18H,1-8H2,(H,30,31,32)/p-1. The highest BCUT2D eigenvalue weighted by molar-refractivity contribution is 7.86. The number of alkyl halides is 3. The van der Waals surface area contributed by atoms with Gasteiger partial charge in [-0.1, -0.05) is 0 Å². The zero-order valence-electron chi connectivity index (χ0n) is 19.1. The second kappa shape index (κ2) is 7.81. The fourth-order valence-electron chi connectivity index (χ4n) is 8.58. The fourth-order valence-corrected chi connectivity index (χ4v) is 8.96. The molecule has 0 aromatic heterocycles. The molecule has 36 heavy (non-hydrogen) atoms. The van der Waals surface area contributed by atoms with Crippen LogP contribution in [0.25, 0.3) is 0 Å². The van der Waals surface area contributed by atoms with Crippen LogP contribution < -0.4 is 0 Å².